The van der Waals surface area contributed by atoms with Gasteiger partial charge in [0.1, 0.15) is 18.2 Å². The summed E-state index contributed by atoms with van der Waals surface area (Å²) in [6.07, 6.45) is 2.49. The lowest BCUT2D eigenvalue weighted by molar-refractivity contribution is -0.146. The van der Waals surface area contributed by atoms with Crippen LogP contribution in [0.3, 0.4) is 0 Å². The number of hydrogen-bond donors (Lipinski definition) is 1. The number of aryl methyl sites for hydroxylation is 2. The van der Waals surface area contributed by atoms with Gasteiger partial charge in [-0.25, -0.2) is 13.8 Å². The molecule has 11 heteroatoms. The molecule has 2 aliphatic carbocycles. The zero-order valence-corrected chi connectivity index (χ0v) is 26.3. The fourth-order valence-electron chi connectivity index (χ4n) is 6.35. The molecule has 45 heavy (non-hydrogen) atoms. The normalized spacial score (nSPS) is 18.6. The van der Waals surface area contributed by atoms with Gasteiger partial charge >= 0.3 is 5.97 Å². The molecule has 0 saturated heterocycles. The van der Waals surface area contributed by atoms with Crippen LogP contribution in [0.5, 0.6) is 5.88 Å². The van der Waals surface area contributed by atoms with E-state index in [2.05, 4.69) is 20.4 Å². The molecule has 6 rings (SSSR count). The van der Waals surface area contributed by atoms with Gasteiger partial charge in [-0.05, 0) is 97.2 Å². The molecule has 4 aromatic rings. The van der Waals surface area contributed by atoms with Crippen LogP contribution in [0.25, 0.3) is 22.5 Å². The van der Waals surface area contributed by atoms with Crippen molar-refractivity contribution in [3.05, 3.63) is 76.0 Å². The number of nitrogens with zero attached hydrogens (tertiary/aromatic N) is 5. The molecule has 0 amide bonds. The molecule has 1 saturated carbocycles. The minimum atomic E-state index is -1.00. The third kappa shape index (κ3) is 6.31. The Hall–Kier alpha value is -4.25. The lowest BCUT2D eigenvalue weighted by atomic mass is 9.92. The molecule has 9 nitrogen and oxygen atoms in total. The topological polar surface area (TPSA) is 112 Å². The van der Waals surface area contributed by atoms with Crippen molar-refractivity contribution in [1.29, 1.82) is 0 Å². The number of aliphatic hydroxyl groups is 1. The van der Waals surface area contributed by atoms with E-state index in [0.29, 0.717) is 35.4 Å². The first-order valence-corrected chi connectivity index (χ1v) is 15.2. The van der Waals surface area contributed by atoms with E-state index in [1.807, 2.05) is 45.9 Å². The van der Waals surface area contributed by atoms with Gasteiger partial charge in [0.2, 0.25) is 11.7 Å². The number of aromatic nitrogens is 5. The smallest absolute Gasteiger partial charge is 0.309 e. The van der Waals surface area contributed by atoms with Crippen molar-refractivity contribution in [3.63, 3.8) is 0 Å². The third-order valence-electron chi connectivity index (χ3n) is 8.37. The number of halogens is 2. The fraction of sp³-hybridized carbons (Fsp3) is 0.441. The minimum Gasteiger partial charge on any atom is -0.473 e. The van der Waals surface area contributed by atoms with E-state index < -0.39 is 17.2 Å². The number of rotatable bonds is 10. The van der Waals surface area contributed by atoms with Crippen LogP contribution >= 0.6 is 0 Å². The highest BCUT2D eigenvalue weighted by Crippen LogP contribution is 2.62. The first-order chi connectivity index (χ1) is 21.3. The summed E-state index contributed by atoms with van der Waals surface area (Å²) in [5, 5.41) is 22.6. The number of esters is 1. The van der Waals surface area contributed by atoms with Crippen LogP contribution in [0.1, 0.15) is 61.4 Å². The Bertz CT molecular complexity index is 1760. The quantitative estimate of drug-likeness (QED) is 0.225. The first-order valence-electron chi connectivity index (χ1n) is 15.2. The average Bonchev–Trinajstić information content (AvgIpc) is 3.26. The molecule has 0 radical (unpaired) electrons. The number of fused-ring (bicyclic) bond motifs is 3. The highest BCUT2D eigenvalue weighted by atomic mass is 19.1. The van der Waals surface area contributed by atoms with Gasteiger partial charge in [0.15, 0.2) is 0 Å². The van der Waals surface area contributed by atoms with E-state index >= 15 is 4.39 Å². The van der Waals surface area contributed by atoms with Crippen LogP contribution in [0.2, 0.25) is 0 Å². The van der Waals surface area contributed by atoms with Gasteiger partial charge in [-0.3, -0.25) is 4.79 Å². The fourth-order valence-corrected chi connectivity index (χ4v) is 6.35. The maximum absolute atomic E-state index is 15.2. The Balaban J connectivity index is 1.17. The number of ether oxygens (including phenoxy) is 2. The maximum Gasteiger partial charge on any atom is 0.309 e. The predicted octanol–water partition coefficient (Wildman–Crippen LogP) is 5.73. The molecule has 236 valence electrons. The van der Waals surface area contributed by atoms with Gasteiger partial charge in [-0.15, -0.1) is 10.2 Å². The Morgan fingerprint density at radius 3 is 2.53 bits per heavy atom. The number of benzene rings is 2. The molecule has 1 N–H and O–H groups in total. The zero-order valence-electron chi connectivity index (χ0n) is 26.3. The molecule has 1 fully saturated rings. The van der Waals surface area contributed by atoms with E-state index in [4.69, 9.17) is 9.47 Å². The number of pyridine rings is 1. The van der Waals surface area contributed by atoms with Crippen LogP contribution in [-0.4, -0.2) is 48.5 Å². The lowest BCUT2D eigenvalue weighted by Crippen LogP contribution is -2.27. The molecular weight excluding hydrogens is 580 g/mol. The van der Waals surface area contributed by atoms with Crippen molar-refractivity contribution in [3.8, 4) is 28.4 Å². The summed E-state index contributed by atoms with van der Waals surface area (Å²) >= 11 is 0. The standard InChI is InChI=1S/C34H37F2N5O4/c1-17(2)14-45-33(42)31-24-9-20-11-28(37-13-25(20)30(24)31)44-15-22-10-23(27(36)12-26(22)35)29-18(3)7-21(8-19(29)4)32-38-40-41(39-32)16-34(5,6)43/h7-8,10-13,17,24,30-31,43H,9,14-16H2,1-6H3/t24-,30-,31+/m1/s1. The molecule has 2 heterocycles. The maximum atomic E-state index is 15.2. The zero-order chi connectivity index (χ0) is 32.2. The summed E-state index contributed by atoms with van der Waals surface area (Å²) < 4.78 is 41.5. The third-order valence-corrected chi connectivity index (χ3v) is 8.37. The van der Waals surface area contributed by atoms with Crippen molar-refractivity contribution in [1.82, 2.24) is 25.2 Å². The van der Waals surface area contributed by atoms with Gasteiger partial charge in [-0.1, -0.05) is 13.8 Å². The number of tetrazole rings is 1. The molecule has 3 atom stereocenters. The predicted molar refractivity (Wildman–Crippen MR) is 162 cm³/mol. The van der Waals surface area contributed by atoms with Gasteiger partial charge in [0.05, 0.1) is 24.7 Å². The molecule has 0 aliphatic heterocycles. The Morgan fingerprint density at radius 1 is 1.11 bits per heavy atom. The highest BCUT2D eigenvalue weighted by Gasteiger charge is 2.60. The van der Waals surface area contributed by atoms with Crippen molar-refractivity contribution in [2.24, 2.45) is 17.8 Å². The minimum absolute atomic E-state index is 0.110. The monoisotopic (exact) mass is 617 g/mol. The summed E-state index contributed by atoms with van der Waals surface area (Å²) in [6, 6.07) is 7.88. The summed E-state index contributed by atoms with van der Waals surface area (Å²) in [5.74, 6) is -0.261. The molecule has 0 bridgehead atoms. The van der Waals surface area contributed by atoms with Crippen LogP contribution in [0, 0.1) is 43.2 Å². The van der Waals surface area contributed by atoms with Crippen LogP contribution < -0.4 is 4.74 Å². The summed E-state index contributed by atoms with van der Waals surface area (Å²) in [6.45, 7) is 11.5. The van der Waals surface area contributed by atoms with Crippen molar-refractivity contribution < 1.29 is 28.2 Å². The first kappa shape index (κ1) is 30.8. The van der Waals surface area contributed by atoms with Crippen LogP contribution in [-0.2, 0) is 29.1 Å². The largest absolute Gasteiger partial charge is 0.473 e. The molecule has 2 aliphatic rings. The number of carbonyl (C=O) groups is 1. The van der Waals surface area contributed by atoms with E-state index in [9.17, 15) is 14.3 Å². The molecule has 2 aromatic carbocycles. The highest BCUT2D eigenvalue weighted by molar-refractivity contribution is 5.80. The summed E-state index contributed by atoms with van der Waals surface area (Å²) in [5.41, 5.74) is 4.41. The van der Waals surface area contributed by atoms with E-state index in [1.54, 1.807) is 20.0 Å². The van der Waals surface area contributed by atoms with Gasteiger partial charge in [0, 0.05) is 40.9 Å². The summed E-state index contributed by atoms with van der Waals surface area (Å²) in [7, 11) is 0. The van der Waals surface area contributed by atoms with Crippen LogP contribution in [0.15, 0.2) is 36.5 Å². The summed E-state index contributed by atoms with van der Waals surface area (Å²) in [4.78, 5) is 18.2. The SMILES string of the molecule is Cc1cc(-c2nnn(CC(C)(C)O)n2)cc(C)c1-c1cc(COc2cc3c(cn2)[C@H]2[C@@H](C3)[C@@H]2C(=O)OCC(C)C)c(F)cc1F. The second-order valence-corrected chi connectivity index (χ2v) is 13.3. The van der Waals surface area contributed by atoms with Crippen molar-refractivity contribution >= 4 is 5.97 Å². The Kier molecular flexibility index (Phi) is 7.93. The molecule has 0 spiro atoms. The van der Waals surface area contributed by atoms with E-state index in [1.165, 1.54) is 10.9 Å². The van der Waals surface area contributed by atoms with Gasteiger partial charge < -0.3 is 14.6 Å². The lowest BCUT2D eigenvalue weighted by Gasteiger charge is -2.16. The number of carbonyl (C=O) groups excluding carboxylic acids is 1. The van der Waals surface area contributed by atoms with E-state index in [-0.39, 0.29) is 48.0 Å². The van der Waals surface area contributed by atoms with Crippen molar-refractivity contribution in [2.45, 2.75) is 72.6 Å². The van der Waals surface area contributed by atoms with Gasteiger partial charge in [-0.2, -0.15) is 4.80 Å². The second-order valence-electron chi connectivity index (χ2n) is 13.3. The molecular formula is C34H37F2N5O4. The van der Waals surface area contributed by atoms with Crippen LogP contribution in [0.4, 0.5) is 8.78 Å². The molecule has 0 unspecified atom stereocenters. The molecule has 2 aromatic heterocycles. The average molecular weight is 618 g/mol. The number of hydrogen-bond acceptors (Lipinski definition) is 8. The Labute approximate surface area is 260 Å². The van der Waals surface area contributed by atoms with E-state index in [0.717, 1.165) is 34.7 Å². The van der Waals surface area contributed by atoms with Gasteiger partial charge in [0.25, 0.3) is 0 Å². The second kappa shape index (κ2) is 11.6. The van der Waals surface area contributed by atoms with Crippen molar-refractivity contribution in [2.75, 3.05) is 6.61 Å². The Morgan fingerprint density at radius 2 is 1.84 bits per heavy atom.